The molecule has 4 rings (SSSR count). The van der Waals surface area contributed by atoms with E-state index in [1.54, 1.807) is 0 Å². The molecule has 2 aromatic rings. The third kappa shape index (κ3) is 3.13. The smallest absolute Gasteiger partial charge is 0.264 e. The molecule has 0 radical (unpaired) electrons. The SMILES string of the molecule is CCOC[C@@H]1CN(C(=O)c2cccs2)Cc2cnn(CC3CC3)c21. The van der Waals surface area contributed by atoms with E-state index >= 15 is 0 Å². The van der Waals surface area contributed by atoms with Crippen molar-refractivity contribution in [1.29, 1.82) is 0 Å². The summed E-state index contributed by atoms with van der Waals surface area (Å²) in [6, 6.07) is 3.83. The van der Waals surface area contributed by atoms with Crippen molar-refractivity contribution in [2.45, 2.75) is 38.8 Å². The predicted octanol–water partition coefficient (Wildman–Crippen LogP) is 3.13. The molecule has 0 unspecified atom stereocenters. The average molecular weight is 345 g/mol. The van der Waals surface area contributed by atoms with Crippen LogP contribution in [0.4, 0.5) is 0 Å². The summed E-state index contributed by atoms with van der Waals surface area (Å²) in [6.45, 7) is 5.73. The molecule has 2 aliphatic rings. The van der Waals surface area contributed by atoms with Crippen molar-refractivity contribution in [3.63, 3.8) is 0 Å². The van der Waals surface area contributed by atoms with Gasteiger partial charge in [-0.2, -0.15) is 5.10 Å². The maximum Gasteiger partial charge on any atom is 0.264 e. The number of carbonyl (C=O) groups is 1. The molecule has 1 fully saturated rings. The Morgan fingerprint density at radius 3 is 3.04 bits per heavy atom. The highest BCUT2D eigenvalue weighted by molar-refractivity contribution is 7.12. The van der Waals surface area contributed by atoms with Gasteiger partial charge >= 0.3 is 0 Å². The number of amides is 1. The van der Waals surface area contributed by atoms with E-state index in [0.29, 0.717) is 26.3 Å². The molecule has 0 saturated heterocycles. The van der Waals surface area contributed by atoms with Crippen LogP contribution in [-0.2, 0) is 17.8 Å². The van der Waals surface area contributed by atoms with Crippen LogP contribution in [0.15, 0.2) is 23.7 Å². The first-order valence-corrected chi connectivity index (χ1v) is 9.59. The molecule has 1 atom stereocenters. The van der Waals surface area contributed by atoms with E-state index in [1.165, 1.54) is 35.4 Å². The van der Waals surface area contributed by atoms with Gasteiger partial charge in [0.1, 0.15) is 0 Å². The van der Waals surface area contributed by atoms with E-state index in [4.69, 9.17) is 4.74 Å². The molecule has 0 spiro atoms. The van der Waals surface area contributed by atoms with Gasteiger partial charge in [0.15, 0.2) is 0 Å². The van der Waals surface area contributed by atoms with Crippen LogP contribution in [0.2, 0.25) is 0 Å². The second-order valence-corrected chi connectivity index (χ2v) is 7.65. The zero-order chi connectivity index (χ0) is 16.5. The molecule has 6 heteroatoms. The summed E-state index contributed by atoms with van der Waals surface area (Å²) >= 11 is 1.50. The van der Waals surface area contributed by atoms with Crippen LogP contribution in [-0.4, -0.2) is 40.3 Å². The van der Waals surface area contributed by atoms with Gasteiger partial charge in [0.2, 0.25) is 0 Å². The summed E-state index contributed by atoms with van der Waals surface area (Å²) in [6.07, 6.45) is 4.58. The molecular weight excluding hydrogens is 322 g/mol. The monoisotopic (exact) mass is 345 g/mol. The number of ether oxygens (including phenoxy) is 1. The topological polar surface area (TPSA) is 47.4 Å². The van der Waals surface area contributed by atoms with E-state index < -0.39 is 0 Å². The molecule has 24 heavy (non-hydrogen) atoms. The lowest BCUT2D eigenvalue weighted by atomic mass is 9.96. The molecule has 2 aromatic heterocycles. The molecule has 3 heterocycles. The van der Waals surface area contributed by atoms with E-state index in [0.717, 1.165) is 17.3 Å². The molecule has 5 nitrogen and oxygen atoms in total. The Morgan fingerprint density at radius 1 is 1.46 bits per heavy atom. The van der Waals surface area contributed by atoms with E-state index in [2.05, 4.69) is 9.78 Å². The number of fused-ring (bicyclic) bond motifs is 1. The van der Waals surface area contributed by atoms with E-state index in [1.807, 2.05) is 35.5 Å². The molecule has 0 aromatic carbocycles. The number of hydrogen-bond donors (Lipinski definition) is 0. The fourth-order valence-corrected chi connectivity index (χ4v) is 4.13. The molecule has 1 aliphatic heterocycles. The Kier molecular flexibility index (Phi) is 4.41. The Balaban J connectivity index is 1.59. The molecule has 0 bridgehead atoms. The first-order valence-electron chi connectivity index (χ1n) is 8.71. The van der Waals surface area contributed by atoms with Gasteiger partial charge in [-0.05, 0) is 37.1 Å². The number of nitrogens with zero attached hydrogens (tertiary/aromatic N) is 3. The third-order valence-corrected chi connectivity index (χ3v) is 5.68. The first-order chi connectivity index (χ1) is 11.8. The summed E-state index contributed by atoms with van der Waals surface area (Å²) in [5, 5.41) is 6.57. The van der Waals surface area contributed by atoms with E-state index in [9.17, 15) is 4.79 Å². The molecule has 128 valence electrons. The fraction of sp³-hybridized carbons (Fsp3) is 0.556. The standard InChI is InChI=1S/C18H23N3O2S/c1-2-23-12-15-11-20(18(22)16-4-3-7-24-16)10-14-8-19-21(17(14)15)9-13-5-6-13/h3-4,7-8,13,15H,2,5-6,9-12H2,1H3/t15-/m0/s1. The summed E-state index contributed by atoms with van der Waals surface area (Å²) in [5.74, 6) is 1.11. The van der Waals surface area contributed by atoms with Gasteiger partial charge < -0.3 is 9.64 Å². The van der Waals surface area contributed by atoms with Crippen LogP contribution in [0, 0.1) is 5.92 Å². The van der Waals surface area contributed by atoms with Crippen LogP contribution < -0.4 is 0 Å². The maximum absolute atomic E-state index is 12.8. The summed E-state index contributed by atoms with van der Waals surface area (Å²) in [5.41, 5.74) is 2.46. The minimum absolute atomic E-state index is 0.118. The number of carbonyl (C=O) groups excluding carboxylic acids is 1. The highest BCUT2D eigenvalue weighted by Crippen LogP contribution is 2.35. The molecule has 1 aliphatic carbocycles. The Bertz CT molecular complexity index is 706. The van der Waals surface area contributed by atoms with Gasteiger partial charge in [0.25, 0.3) is 5.91 Å². The van der Waals surface area contributed by atoms with E-state index in [-0.39, 0.29) is 11.8 Å². The van der Waals surface area contributed by atoms with Crippen molar-refractivity contribution < 1.29 is 9.53 Å². The molecule has 1 amide bonds. The summed E-state index contributed by atoms with van der Waals surface area (Å²) < 4.78 is 7.89. The number of thiophene rings is 1. The fourth-order valence-electron chi connectivity index (χ4n) is 3.44. The Hall–Kier alpha value is -1.66. The zero-order valence-electron chi connectivity index (χ0n) is 14.0. The molecule has 1 saturated carbocycles. The highest BCUT2D eigenvalue weighted by Gasteiger charge is 2.34. The molecular formula is C18H23N3O2S. The molecule has 0 N–H and O–H groups in total. The second kappa shape index (κ2) is 6.69. The lowest BCUT2D eigenvalue weighted by Gasteiger charge is -2.33. The van der Waals surface area contributed by atoms with Gasteiger partial charge in [-0.3, -0.25) is 9.48 Å². The lowest BCUT2D eigenvalue weighted by molar-refractivity contribution is 0.0651. The number of rotatable bonds is 6. The third-order valence-electron chi connectivity index (χ3n) is 4.82. The van der Waals surface area contributed by atoms with Crippen molar-refractivity contribution in [3.05, 3.63) is 39.8 Å². The van der Waals surface area contributed by atoms with Crippen molar-refractivity contribution in [2.24, 2.45) is 5.92 Å². The second-order valence-electron chi connectivity index (χ2n) is 6.70. The van der Waals surface area contributed by atoms with Gasteiger partial charge in [-0.1, -0.05) is 6.07 Å². The maximum atomic E-state index is 12.8. The van der Waals surface area contributed by atoms with Crippen LogP contribution in [0.3, 0.4) is 0 Å². The van der Waals surface area contributed by atoms with Crippen molar-refractivity contribution in [3.8, 4) is 0 Å². The Labute approximate surface area is 146 Å². The normalized spacial score (nSPS) is 20.2. The minimum atomic E-state index is 0.118. The zero-order valence-corrected chi connectivity index (χ0v) is 14.8. The van der Waals surface area contributed by atoms with Crippen molar-refractivity contribution >= 4 is 17.2 Å². The number of aromatic nitrogens is 2. The highest BCUT2D eigenvalue weighted by atomic mass is 32.1. The van der Waals surface area contributed by atoms with Gasteiger partial charge in [0, 0.05) is 37.7 Å². The predicted molar refractivity (Wildman–Crippen MR) is 93.2 cm³/mol. The summed E-state index contributed by atoms with van der Waals surface area (Å²) in [7, 11) is 0. The first kappa shape index (κ1) is 15.8. The van der Waals surface area contributed by atoms with Crippen LogP contribution in [0.1, 0.15) is 46.6 Å². The minimum Gasteiger partial charge on any atom is -0.381 e. The average Bonchev–Trinajstić information content (AvgIpc) is 3.09. The van der Waals surface area contributed by atoms with Gasteiger partial charge in [0.05, 0.1) is 23.4 Å². The van der Waals surface area contributed by atoms with Crippen molar-refractivity contribution in [2.75, 3.05) is 19.8 Å². The van der Waals surface area contributed by atoms with Gasteiger partial charge in [-0.25, -0.2) is 0 Å². The number of hydrogen-bond acceptors (Lipinski definition) is 4. The quantitative estimate of drug-likeness (QED) is 0.808. The largest absolute Gasteiger partial charge is 0.381 e. The lowest BCUT2D eigenvalue weighted by Crippen LogP contribution is -2.40. The van der Waals surface area contributed by atoms with Gasteiger partial charge in [-0.15, -0.1) is 11.3 Å². The summed E-state index contributed by atoms with van der Waals surface area (Å²) in [4.78, 5) is 15.5. The van der Waals surface area contributed by atoms with Crippen LogP contribution >= 0.6 is 11.3 Å². The Morgan fingerprint density at radius 2 is 2.33 bits per heavy atom. The van der Waals surface area contributed by atoms with Crippen LogP contribution in [0.25, 0.3) is 0 Å². The van der Waals surface area contributed by atoms with Crippen LogP contribution in [0.5, 0.6) is 0 Å². The van der Waals surface area contributed by atoms with Crippen molar-refractivity contribution in [1.82, 2.24) is 14.7 Å².